The number of rotatable bonds is 6. The highest BCUT2D eigenvalue weighted by molar-refractivity contribution is 6.09. The maximum absolute atomic E-state index is 9.16. The Labute approximate surface area is 294 Å². The zero-order chi connectivity index (χ0) is 38.7. The number of aromatic nitrogens is 4. The standard InChI is InChI=1S/C45H30N4/c1-4-15-31(16-5-1)34-21-14-22-36(29-34)44-46-43(33-19-8-3-9-20-33)47-45(48-44)39-30-35(32-17-6-2-7-18-32)27-28-42(39)49-40-25-12-10-23-37(40)38-24-11-13-26-41(38)49/h1-30H/i10D,11D,12D,23D,24D,25D,26D. The van der Waals surface area contributed by atoms with Crippen LogP contribution in [0.4, 0.5) is 0 Å². The van der Waals surface area contributed by atoms with Crippen LogP contribution in [-0.2, 0) is 0 Å². The molecule has 4 nitrogen and oxygen atoms in total. The van der Waals surface area contributed by atoms with Crippen LogP contribution in [0.15, 0.2) is 182 Å². The molecule has 0 aliphatic carbocycles. The normalized spacial score (nSPS) is 13.3. The molecule has 49 heavy (non-hydrogen) atoms. The van der Waals surface area contributed by atoms with Gasteiger partial charge in [-0.1, -0.05) is 152 Å². The van der Waals surface area contributed by atoms with Crippen molar-refractivity contribution in [2.75, 3.05) is 0 Å². The van der Waals surface area contributed by atoms with Crippen LogP contribution in [0.2, 0.25) is 0 Å². The molecule has 0 bridgehead atoms. The van der Waals surface area contributed by atoms with E-state index in [1.807, 2.05) is 133 Å². The van der Waals surface area contributed by atoms with E-state index < -0.39 is 12.1 Å². The molecular formula is C45H30N4. The van der Waals surface area contributed by atoms with Crippen molar-refractivity contribution in [3.8, 4) is 62.1 Å². The van der Waals surface area contributed by atoms with Gasteiger partial charge in [-0.25, -0.2) is 15.0 Å². The predicted molar refractivity (Wildman–Crippen MR) is 201 cm³/mol. The zero-order valence-electron chi connectivity index (χ0n) is 33.1. The fraction of sp³-hybridized carbons (Fsp3) is 0. The second kappa shape index (κ2) is 12.2. The van der Waals surface area contributed by atoms with Gasteiger partial charge in [-0.3, -0.25) is 0 Å². The van der Waals surface area contributed by atoms with Crippen molar-refractivity contribution >= 4 is 21.8 Å². The Hall–Kier alpha value is -6.65. The maximum atomic E-state index is 9.16. The molecule has 0 aliphatic heterocycles. The molecule has 2 heterocycles. The molecular weight excluding hydrogens is 597 g/mol. The molecule has 0 unspecified atom stereocenters. The highest BCUT2D eigenvalue weighted by Gasteiger charge is 2.20. The molecule has 4 heteroatoms. The summed E-state index contributed by atoms with van der Waals surface area (Å²) in [6.45, 7) is 0. The van der Waals surface area contributed by atoms with Gasteiger partial charge in [-0.2, -0.15) is 0 Å². The minimum Gasteiger partial charge on any atom is -0.309 e. The third-order valence-corrected chi connectivity index (χ3v) is 8.56. The fourth-order valence-electron chi connectivity index (χ4n) is 6.24. The van der Waals surface area contributed by atoms with E-state index in [1.165, 1.54) is 6.07 Å². The Morgan fingerprint density at radius 3 is 1.63 bits per heavy atom. The van der Waals surface area contributed by atoms with Crippen molar-refractivity contribution in [2.24, 2.45) is 0 Å². The number of hydrogen-bond donors (Lipinski definition) is 0. The van der Waals surface area contributed by atoms with Gasteiger partial charge in [-0.05, 0) is 52.5 Å². The largest absolute Gasteiger partial charge is 0.309 e. The van der Waals surface area contributed by atoms with E-state index in [2.05, 4.69) is 0 Å². The molecule has 230 valence electrons. The van der Waals surface area contributed by atoms with Gasteiger partial charge >= 0.3 is 0 Å². The summed E-state index contributed by atoms with van der Waals surface area (Å²) >= 11 is 0. The number of nitrogens with zero attached hydrogens (tertiary/aromatic N) is 4. The summed E-state index contributed by atoms with van der Waals surface area (Å²) in [7, 11) is 0. The van der Waals surface area contributed by atoms with Crippen molar-refractivity contribution in [2.45, 2.75) is 0 Å². The summed E-state index contributed by atoms with van der Waals surface area (Å²) in [5.74, 6) is 1.13. The Bertz CT molecular complexity index is 2990. The van der Waals surface area contributed by atoms with E-state index in [9.17, 15) is 0 Å². The average molecular weight is 634 g/mol. The summed E-state index contributed by atoms with van der Waals surface area (Å²) in [6.07, 6.45) is 0. The van der Waals surface area contributed by atoms with Crippen LogP contribution >= 0.6 is 0 Å². The quantitative estimate of drug-likeness (QED) is 0.183. The minimum absolute atomic E-state index is 0.0655. The van der Waals surface area contributed by atoms with Gasteiger partial charge < -0.3 is 4.57 Å². The number of fused-ring (bicyclic) bond motifs is 3. The number of hydrogen-bond acceptors (Lipinski definition) is 3. The number of para-hydroxylation sites is 2. The van der Waals surface area contributed by atoms with E-state index >= 15 is 0 Å². The fourth-order valence-corrected chi connectivity index (χ4v) is 6.24. The summed E-state index contributed by atoms with van der Waals surface area (Å²) < 4.78 is 63.5. The van der Waals surface area contributed by atoms with Gasteiger partial charge in [0.1, 0.15) is 0 Å². The molecule has 7 aromatic carbocycles. The second-order valence-electron chi connectivity index (χ2n) is 11.6. The van der Waals surface area contributed by atoms with Crippen molar-refractivity contribution in [1.29, 1.82) is 0 Å². The van der Waals surface area contributed by atoms with Gasteiger partial charge in [-0.15, -0.1) is 0 Å². The van der Waals surface area contributed by atoms with Crippen LogP contribution in [0.5, 0.6) is 0 Å². The van der Waals surface area contributed by atoms with Crippen LogP contribution in [0.25, 0.3) is 83.9 Å². The van der Waals surface area contributed by atoms with E-state index in [0.29, 0.717) is 22.9 Å². The molecule has 0 saturated heterocycles. The first-order valence-electron chi connectivity index (χ1n) is 19.4. The molecule has 0 radical (unpaired) electrons. The maximum Gasteiger partial charge on any atom is 0.166 e. The molecule has 0 atom stereocenters. The predicted octanol–water partition coefficient (Wildman–Crippen LogP) is 11.3. The van der Waals surface area contributed by atoms with Crippen LogP contribution in [0.3, 0.4) is 0 Å². The Morgan fingerprint density at radius 2 is 0.918 bits per heavy atom. The smallest absolute Gasteiger partial charge is 0.166 e. The summed E-state index contributed by atoms with van der Waals surface area (Å²) in [6, 6.07) is 42.2. The molecule has 0 saturated carbocycles. The molecule has 0 N–H and O–H groups in total. The van der Waals surface area contributed by atoms with E-state index in [1.54, 1.807) is 4.57 Å². The first-order chi connectivity index (χ1) is 27.2. The second-order valence-corrected chi connectivity index (χ2v) is 11.6. The third kappa shape index (κ3) is 5.26. The molecule has 0 amide bonds. The van der Waals surface area contributed by atoms with Crippen LogP contribution < -0.4 is 0 Å². The molecule has 0 fully saturated rings. The lowest BCUT2D eigenvalue weighted by atomic mass is 10.0. The van der Waals surface area contributed by atoms with Crippen molar-refractivity contribution in [3.05, 3.63) is 182 Å². The summed E-state index contributed by atoms with van der Waals surface area (Å²) in [5, 5.41) is 0.164. The molecule has 0 aliphatic rings. The minimum atomic E-state index is -0.463. The molecule has 2 aromatic heterocycles. The van der Waals surface area contributed by atoms with Gasteiger partial charge in [0, 0.05) is 27.5 Å². The zero-order valence-corrected chi connectivity index (χ0v) is 26.1. The molecule has 9 aromatic rings. The summed E-state index contributed by atoms with van der Waals surface area (Å²) in [5.41, 5.74) is 6.49. The van der Waals surface area contributed by atoms with Gasteiger partial charge in [0.15, 0.2) is 17.5 Å². The first-order valence-corrected chi connectivity index (χ1v) is 15.9. The third-order valence-electron chi connectivity index (χ3n) is 8.56. The van der Waals surface area contributed by atoms with E-state index in [0.717, 1.165) is 33.4 Å². The SMILES string of the molecule is [2H]c1cc([2H])c2c(c1[2H])c1c([2H])c([2H])c([2H])c([2H])c1n2-c1ccc(-c2ccccc2)cc1-c1nc(-c2ccccc2)nc(-c2cccc(-c3ccccc3)c2)n1. The Morgan fingerprint density at radius 1 is 0.388 bits per heavy atom. The average Bonchev–Trinajstić information content (AvgIpc) is 3.62. The molecule has 9 rings (SSSR count). The highest BCUT2D eigenvalue weighted by atomic mass is 15.1. The molecule has 0 spiro atoms. The first kappa shape index (κ1) is 22.0. The van der Waals surface area contributed by atoms with Crippen molar-refractivity contribution in [3.63, 3.8) is 0 Å². The van der Waals surface area contributed by atoms with Gasteiger partial charge in [0.25, 0.3) is 0 Å². The van der Waals surface area contributed by atoms with E-state index in [4.69, 9.17) is 24.5 Å². The number of benzene rings is 7. The van der Waals surface area contributed by atoms with Gasteiger partial charge in [0.2, 0.25) is 0 Å². The summed E-state index contributed by atoms with van der Waals surface area (Å²) in [4.78, 5) is 15.2. The topological polar surface area (TPSA) is 43.6 Å². The van der Waals surface area contributed by atoms with Crippen LogP contribution in [-0.4, -0.2) is 19.5 Å². The monoisotopic (exact) mass is 633 g/mol. The van der Waals surface area contributed by atoms with Crippen molar-refractivity contribution < 1.29 is 9.60 Å². The van der Waals surface area contributed by atoms with Crippen molar-refractivity contribution in [1.82, 2.24) is 19.5 Å². The highest BCUT2D eigenvalue weighted by Crippen LogP contribution is 2.38. The Balaban J connectivity index is 1.40. The van der Waals surface area contributed by atoms with Gasteiger partial charge in [0.05, 0.1) is 26.3 Å². The lowest BCUT2D eigenvalue weighted by Gasteiger charge is -2.16. The Kier molecular flexibility index (Phi) is 5.47. The van der Waals surface area contributed by atoms with Crippen LogP contribution in [0, 0.1) is 0 Å². The lowest BCUT2D eigenvalue weighted by molar-refractivity contribution is 1.06. The van der Waals surface area contributed by atoms with Crippen LogP contribution in [0.1, 0.15) is 9.60 Å². The lowest BCUT2D eigenvalue weighted by Crippen LogP contribution is -2.04. The van der Waals surface area contributed by atoms with E-state index in [-0.39, 0.29) is 57.8 Å².